The lowest BCUT2D eigenvalue weighted by molar-refractivity contribution is 0.619. The molecule has 2 aromatic rings. The third kappa shape index (κ3) is 1.78. The molecule has 1 N–H and O–H groups in total. The van der Waals surface area contributed by atoms with E-state index in [0.29, 0.717) is 11.4 Å². The summed E-state index contributed by atoms with van der Waals surface area (Å²) >= 11 is 0. The molecule has 1 aliphatic rings. The molecular weight excluding hydrogens is 229 g/mol. The molecule has 0 saturated carbocycles. The van der Waals surface area contributed by atoms with Gasteiger partial charge in [-0.1, -0.05) is 12.1 Å². The van der Waals surface area contributed by atoms with Gasteiger partial charge < -0.3 is 5.32 Å². The molecule has 0 aliphatic carbocycles. The van der Waals surface area contributed by atoms with E-state index in [0.717, 1.165) is 30.0 Å². The number of nitrogens with one attached hydrogen (secondary N) is 1. The minimum atomic E-state index is -0.215. The fourth-order valence-electron chi connectivity index (χ4n) is 2.20. The molecule has 0 unspecified atom stereocenters. The van der Waals surface area contributed by atoms with Crippen molar-refractivity contribution < 1.29 is 4.39 Å². The molecule has 0 amide bonds. The highest BCUT2D eigenvalue weighted by Crippen LogP contribution is 2.23. The Morgan fingerprint density at radius 1 is 1.17 bits per heavy atom. The highest BCUT2D eigenvalue weighted by Gasteiger charge is 2.17. The standard InChI is InChI=1S/C14H14FN3/c1-8-3-4-10(5-12(8)15)14-17-9(2)11-6-16-7-13(11)18-14/h3-5,16H,6-7H2,1-2H3. The highest BCUT2D eigenvalue weighted by atomic mass is 19.1. The van der Waals surface area contributed by atoms with Crippen molar-refractivity contribution in [3.8, 4) is 11.4 Å². The van der Waals surface area contributed by atoms with Gasteiger partial charge in [-0.05, 0) is 25.5 Å². The van der Waals surface area contributed by atoms with Crippen LogP contribution in [-0.4, -0.2) is 9.97 Å². The van der Waals surface area contributed by atoms with Gasteiger partial charge in [0.25, 0.3) is 0 Å². The lowest BCUT2D eigenvalue weighted by Gasteiger charge is -2.07. The molecule has 1 aliphatic heterocycles. The number of rotatable bonds is 1. The van der Waals surface area contributed by atoms with E-state index in [1.54, 1.807) is 13.0 Å². The number of hydrogen-bond donors (Lipinski definition) is 1. The highest BCUT2D eigenvalue weighted by molar-refractivity contribution is 5.56. The first-order valence-electron chi connectivity index (χ1n) is 5.99. The predicted molar refractivity (Wildman–Crippen MR) is 67.4 cm³/mol. The summed E-state index contributed by atoms with van der Waals surface area (Å²) in [6, 6.07) is 5.12. The monoisotopic (exact) mass is 243 g/mol. The van der Waals surface area contributed by atoms with Gasteiger partial charge in [0.05, 0.1) is 5.69 Å². The Kier molecular flexibility index (Phi) is 2.59. The maximum Gasteiger partial charge on any atom is 0.159 e. The molecule has 3 nitrogen and oxygen atoms in total. The van der Waals surface area contributed by atoms with Gasteiger partial charge in [0, 0.05) is 29.9 Å². The molecule has 3 rings (SSSR count). The number of halogens is 1. The Bertz CT molecular complexity index is 623. The number of fused-ring (bicyclic) bond motifs is 1. The van der Waals surface area contributed by atoms with Crippen molar-refractivity contribution >= 4 is 0 Å². The predicted octanol–water partition coefficient (Wildman–Crippen LogP) is 2.50. The van der Waals surface area contributed by atoms with E-state index in [4.69, 9.17) is 0 Å². The fourth-order valence-corrected chi connectivity index (χ4v) is 2.20. The lowest BCUT2D eigenvalue weighted by Crippen LogP contribution is -2.00. The van der Waals surface area contributed by atoms with Crippen molar-refractivity contribution in [2.45, 2.75) is 26.9 Å². The van der Waals surface area contributed by atoms with E-state index < -0.39 is 0 Å². The topological polar surface area (TPSA) is 37.8 Å². The summed E-state index contributed by atoms with van der Waals surface area (Å²) in [5.74, 6) is 0.390. The first kappa shape index (κ1) is 11.3. The Morgan fingerprint density at radius 3 is 2.78 bits per heavy atom. The molecule has 92 valence electrons. The van der Waals surface area contributed by atoms with Crippen LogP contribution in [0.3, 0.4) is 0 Å². The molecule has 0 fully saturated rings. The second kappa shape index (κ2) is 4.14. The van der Waals surface area contributed by atoms with Crippen LogP contribution in [0.15, 0.2) is 18.2 Å². The molecule has 0 atom stereocenters. The number of aryl methyl sites for hydroxylation is 2. The van der Waals surface area contributed by atoms with E-state index in [2.05, 4.69) is 15.3 Å². The van der Waals surface area contributed by atoms with Crippen molar-refractivity contribution in [3.63, 3.8) is 0 Å². The van der Waals surface area contributed by atoms with Crippen LogP contribution in [0.2, 0.25) is 0 Å². The summed E-state index contributed by atoms with van der Waals surface area (Å²) in [6.07, 6.45) is 0. The molecule has 2 heterocycles. The third-order valence-corrected chi connectivity index (χ3v) is 3.32. The van der Waals surface area contributed by atoms with Gasteiger partial charge in [0.15, 0.2) is 5.82 Å². The summed E-state index contributed by atoms with van der Waals surface area (Å²) in [6.45, 7) is 5.31. The maximum absolute atomic E-state index is 13.6. The third-order valence-electron chi connectivity index (χ3n) is 3.32. The van der Waals surface area contributed by atoms with Gasteiger partial charge in [0.1, 0.15) is 5.82 Å². The van der Waals surface area contributed by atoms with Crippen LogP contribution in [-0.2, 0) is 13.1 Å². The zero-order chi connectivity index (χ0) is 12.7. The first-order chi connectivity index (χ1) is 8.65. The minimum absolute atomic E-state index is 0.215. The summed E-state index contributed by atoms with van der Waals surface area (Å²) in [5.41, 5.74) is 4.54. The van der Waals surface area contributed by atoms with Crippen molar-refractivity contribution in [3.05, 3.63) is 46.5 Å². The molecule has 18 heavy (non-hydrogen) atoms. The van der Waals surface area contributed by atoms with E-state index in [-0.39, 0.29) is 5.82 Å². The van der Waals surface area contributed by atoms with Crippen LogP contribution in [0, 0.1) is 19.7 Å². The number of aromatic nitrogens is 2. The molecule has 0 spiro atoms. The average molecular weight is 243 g/mol. The molecule has 0 bridgehead atoms. The van der Waals surface area contributed by atoms with Crippen molar-refractivity contribution in [2.24, 2.45) is 0 Å². The van der Waals surface area contributed by atoms with Crippen LogP contribution in [0.5, 0.6) is 0 Å². The van der Waals surface area contributed by atoms with Gasteiger partial charge in [-0.3, -0.25) is 0 Å². The van der Waals surface area contributed by atoms with Crippen molar-refractivity contribution in [1.29, 1.82) is 0 Å². The largest absolute Gasteiger partial charge is 0.307 e. The first-order valence-corrected chi connectivity index (χ1v) is 5.99. The van der Waals surface area contributed by atoms with Gasteiger partial charge in [-0.15, -0.1) is 0 Å². The number of benzene rings is 1. The van der Waals surface area contributed by atoms with Gasteiger partial charge in [-0.25, -0.2) is 14.4 Å². The average Bonchev–Trinajstić information content (AvgIpc) is 2.81. The molecule has 0 saturated heterocycles. The van der Waals surface area contributed by atoms with Crippen LogP contribution < -0.4 is 5.32 Å². The Hall–Kier alpha value is -1.81. The molecular formula is C14H14FN3. The molecule has 4 heteroatoms. The molecule has 0 radical (unpaired) electrons. The van der Waals surface area contributed by atoms with E-state index in [1.165, 1.54) is 11.6 Å². The summed E-state index contributed by atoms with van der Waals surface area (Å²) in [4.78, 5) is 8.98. The van der Waals surface area contributed by atoms with E-state index >= 15 is 0 Å². The summed E-state index contributed by atoms with van der Waals surface area (Å²) in [7, 11) is 0. The number of hydrogen-bond acceptors (Lipinski definition) is 3. The van der Waals surface area contributed by atoms with E-state index in [1.807, 2.05) is 13.0 Å². The molecule has 1 aromatic carbocycles. The second-order valence-corrected chi connectivity index (χ2v) is 4.63. The van der Waals surface area contributed by atoms with Gasteiger partial charge in [-0.2, -0.15) is 0 Å². The summed E-state index contributed by atoms with van der Waals surface area (Å²) < 4.78 is 13.6. The fraction of sp³-hybridized carbons (Fsp3) is 0.286. The van der Waals surface area contributed by atoms with Crippen LogP contribution in [0.25, 0.3) is 11.4 Å². The zero-order valence-corrected chi connectivity index (χ0v) is 10.4. The molecule has 1 aromatic heterocycles. The summed E-state index contributed by atoms with van der Waals surface area (Å²) in [5, 5.41) is 3.25. The zero-order valence-electron chi connectivity index (χ0n) is 10.4. The minimum Gasteiger partial charge on any atom is -0.307 e. The second-order valence-electron chi connectivity index (χ2n) is 4.63. The number of nitrogens with zero attached hydrogens (tertiary/aromatic N) is 2. The Labute approximate surface area is 105 Å². The van der Waals surface area contributed by atoms with Crippen LogP contribution in [0.1, 0.15) is 22.5 Å². The van der Waals surface area contributed by atoms with Gasteiger partial charge in [0.2, 0.25) is 0 Å². The maximum atomic E-state index is 13.6. The lowest BCUT2D eigenvalue weighted by atomic mass is 10.1. The van der Waals surface area contributed by atoms with E-state index in [9.17, 15) is 4.39 Å². The van der Waals surface area contributed by atoms with Gasteiger partial charge >= 0.3 is 0 Å². The Balaban J connectivity index is 2.12. The normalized spacial score (nSPS) is 13.7. The van der Waals surface area contributed by atoms with Crippen LogP contribution >= 0.6 is 0 Å². The van der Waals surface area contributed by atoms with Crippen LogP contribution in [0.4, 0.5) is 4.39 Å². The smallest absolute Gasteiger partial charge is 0.159 e. The SMILES string of the molecule is Cc1ccc(-c2nc(C)c3c(n2)CNC3)cc1F. The quantitative estimate of drug-likeness (QED) is 0.836. The van der Waals surface area contributed by atoms with Crippen molar-refractivity contribution in [2.75, 3.05) is 0 Å². The Morgan fingerprint density at radius 2 is 2.00 bits per heavy atom. The van der Waals surface area contributed by atoms with Crippen molar-refractivity contribution in [1.82, 2.24) is 15.3 Å².